The van der Waals surface area contributed by atoms with E-state index in [0.717, 1.165) is 51.5 Å². The molecule has 2 fully saturated rings. The monoisotopic (exact) mass is 358 g/mol. The molecular weight excluding hydrogens is 336 g/mol. The summed E-state index contributed by atoms with van der Waals surface area (Å²) in [6.07, 6.45) is 2.78. The van der Waals surface area contributed by atoms with Crippen LogP contribution in [0.2, 0.25) is 0 Å². The Bertz CT molecular complexity index is 715. The third kappa shape index (κ3) is 3.81. The molecule has 1 amide bonds. The van der Waals surface area contributed by atoms with Crippen molar-refractivity contribution < 1.29 is 4.79 Å². The number of piperazine rings is 1. The second-order valence-corrected chi connectivity index (χ2v) is 7.22. The van der Waals surface area contributed by atoms with Gasteiger partial charge in [-0.1, -0.05) is 6.07 Å². The second kappa shape index (κ2) is 7.47. The van der Waals surface area contributed by atoms with E-state index in [0.29, 0.717) is 16.9 Å². The van der Waals surface area contributed by atoms with Gasteiger partial charge in [-0.2, -0.15) is 0 Å². The zero-order valence-electron chi connectivity index (χ0n) is 14.0. The summed E-state index contributed by atoms with van der Waals surface area (Å²) in [5.41, 5.74) is 0.518. The lowest BCUT2D eigenvalue weighted by atomic mass is 10.2. The Kier molecular flexibility index (Phi) is 4.91. The topological polar surface area (TPSA) is 73.4 Å². The number of nitrogens with zero attached hydrogens (tertiary/aromatic N) is 4. The maximum atomic E-state index is 12.7. The predicted molar refractivity (Wildman–Crippen MR) is 98.4 cm³/mol. The highest BCUT2D eigenvalue weighted by Crippen LogP contribution is 2.23. The van der Waals surface area contributed by atoms with Crippen LogP contribution in [0.5, 0.6) is 0 Å². The Morgan fingerprint density at radius 1 is 1.28 bits per heavy atom. The van der Waals surface area contributed by atoms with E-state index in [9.17, 15) is 4.79 Å². The first-order valence-corrected chi connectivity index (χ1v) is 9.55. The molecule has 4 rings (SSSR count). The highest BCUT2D eigenvalue weighted by Gasteiger charge is 2.32. The van der Waals surface area contributed by atoms with Crippen LogP contribution in [0.15, 0.2) is 29.8 Å². The molecule has 0 saturated carbocycles. The van der Waals surface area contributed by atoms with Gasteiger partial charge in [0.25, 0.3) is 5.91 Å². The maximum Gasteiger partial charge on any atom is 0.273 e. The van der Waals surface area contributed by atoms with Gasteiger partial charge in [0.1, 0.15) is 11.5 Å². The van der Waals surface area contributed by atoms with E-state index < -0.39 is 0 Å². The van der Waals surface area contributed by atoms with Crippen LogP contribution in [-0.2, 0) is 0 Å². The van der Waals surface area contributed by atoms with E-state index in [4.69, 9.17) is 0 Å². The van der Waals surface area contributed by atoms with Gasteiger partial charge in [0, 0.05) is 56.9 Å². The molecule has 8 heteroatoms. The molecule has 0 aromatic carbocycles. The summed E-state index contributed by atoms with van der Waals surface area (Å²) < 4.78 is 0. The van der Waals surface area contributed by atoms with Crippen LogP contribution in [0.4, 0.5) is 10.9 Å². The largest absolute Gasteiger partial charge is 0.336 e. The molecule has 0 aliphatic carbocycles. The lowest BCUT2D eigenvalue weighted by Crippen LogP contribution is -2.49. The van der Waals surface area contributed by atoms with Gasteiger partial charge in [0.2, 0.25) is 0 Å². The fourth-order valence-electron chi connectivity index (χ4n) is 3.41. The van der Waals surface area contributed by atoms with Crippen LogP contribution in [0.3, 0.4) is 0 Å². The summed E-state index contributed by atoms with van der Waals surface area (Å²) in [4.78, 5) is 25.8. The van der Waals surface area contributed by atoms with Gasteiger partial charge >= 0.3 is 0 Å². The molecule has 4 heterocycles. The van der Waals surface area contributed by atoms with Crippen LogP contribution in [-0.4, -0.2) is 71.0 Å². The van der Waals surface area contributed by atoms with Crippen LogP contribution >= 0.6 is 11.3 Å². The van der Waals surface area contributed by atoms with E-state index in [1.165, 1.54) is 11.3 Å². The Hall–Kier alpha value is -2.03. The summed E-state index contributed by atoms with van der Waals surface area (Å²) in [7, 11) is 0. The summed E-state index contributed by atoms with van der Waals surface area (Å²) in [5.74, 6) is 0.763. The summed E-state index contributed by atoms with van der Waals surface area (Å²) in [6, 6.07) is 6.14. The zero-order valence-corrected chi connectivity index (χ0v) is 14.8. The average molecular weight is 358 g/mol. The number of nitrogens with one attached hydrogen (secondary N) is 2. The van der Waals surface area contributed by atoms with Crippen LogP contribution in [0.25, 0.3) is 0 Å². The minimum Gasteiger partial charge on any atom is -0.336 e. The van der Waals surface area contributed by atoms with Crippen molar-refractivity contribution in [2.24, 2.45) is 0 Å². The summed E-state index contributed by atoms with van der Waals surface area (Å²) >= 11 is 1.43. The average Bonchev–Trinajstić information content (AvgIpc) is 3.33. The van der Waals surface area contributed by atoms with Crippen molar-refractivity contribution in [2.45, 2.75) is 12.5 Å². The molecular formula is C17H22N6OS. The van der Waals surface area contributed by atoms with Gasteiger partial charge in [-0.05, 0) is 18.6 Å². The predicted octanol–water partition coefficient (Wildman–Crippen LogP) is 1.40. The van der Waals surface area contributed by atoms with Crippen molar-refractivity contribution in [2.75, 3.05) is 44.6 Å². The number of carbonyl (C=O) groups is 1. The second-order valence-electron chi connectivity index (χ2n) is 6.36. The number of aromatic nitrogens is 2. The van der Waals surface area contributed by atoms with Gasteiger partial charge in [0.15, 0.2) is 5.13 Å². The third-order valence-electron chi connectivity index (χ3n) is 4.74. The standard InChI is InChI=1S/C17H22N6OS/c24-16(23-8-4-13(11-23)22-9-6-18-7-10-22)14-12-25-17(20-14)21-15-3-1-2-5-19-15/h1-3,5,12-13,18H,4,6-11H2,(H,19,20,21). The number of rotatable bonds is 4. The van der Waals surface area contributed by atoms with E-state index in [1.54, 1.807) is 6.20 Å². The number of amides is 1. The van der Waals surface area contributed by atoms with Gasteiger partial charge in [-0.3, -0.25) is 9.69 Å². The van der Waals surface area contributed by atoms with Crippen LogP contribution in [0, 0.1) is 0 Å². The van der Waals surface area contributed by atoms with Crippen molar-refractivity contribution in [3.05, 3.63) is 35.5 Å². The zero-order chi connectivity index (χ0) is 17.1. The minimum atomic E-state index is 0.0305. The lowest BCUT2D eigenvalue weighted by molar-refractivity contribution is 0.0768. The van der Waals surface area contributed by atoms with Gasteiger partial charge < -0.3 is 15.5 Å². The van der Waals surface area contributed by atoms with Gasteiger partial charge in [0.05, 0.1) is 0 Å². The Balaban J connectivity index is 1.37. The van der Waals surface area contributed by atoms with E-state index in [1.807, 2.05) is 28.5 Å². The molecule has 2 N–H and O–H groups in total. The molecule has 2 aliphatic heterocycles. The SMILES string of the molecule is O=C(c1csc(Nc2ccccn2)n1)N1CCC(N2CCNCC2)C1. The normalized spacial score (nSPS) is 21.4. The highest BCUT2D eigenvalue weighted by atomic mass is 32.1. The smallest absolute Gasteiger partial charge is 0.273 e. The molecule has 2 aromatic rings. The number of carbonyl (C=O) groups excluding carboxylic acids is 1. The van der Waals surface area contributed by atoms with Crippen molar-refractivity contribution in [3.8, 4) is 0 Å². The number of likely N-dealkylation sites (tertiary alicyclic amines) is 1. The first-order chi connectivity index (χ1) is 12.3. The molecule has 0 radical (unpaired) electrons. The first-order valence-electron chi connectivity index (χ1n) is 8.67. The molecule has 25 heavy (non-hydrogen) atoms. The number of hydrogen-bond acceptors (Lipinski definition) is 7. The highest BCUT2D eigenvalue weighted by molar-refractivity contribution is 7.14. The van der Waals surface area contributed by atoms with Gasteiger partial charge in [-0.25, -0.2) is 9.97 Å². The number of hydrogen-bond donors (Lipinski definition) is 2. The first kappa shape index (κ1) is 16.4. The van der Waals surface area contributed by atoms with Crippen molar-refractivity contribution in [3.63, 3.8) is 0 Å². The Morgan fingerprint density at radius 2 is 2.16 bits per heavy atom. The number of thiazole rings is 1. The van der Waals surface area contributed by atoms with Crippen molar-refractivity contribution >= 4 is 28.2 Å². The molecule has 0 spiro atoms. The molecule has 1 atom stereocenters. The molecule has 2 aliphatic rings. The molecule has 2 aromatic heterocycles. The Morgan fingerprint density at radius 3 is 2.96 bits per heavy atom. The van der Waals surface area contributed by atoms with Crippen LogP contribution < -0.4 is 10.6 Å². The lowest BCUT2D eigenvalue weighted by Gasteiger charge is -2.32. The third-order valence-corrected chi connectivity index (χ3v) is 5.50. The quantitative estimate of drug-likeness (QED) is 0.861. The summed E-state index contributed by atoms with van der Waals surface area (Å²) in [5, 5.41) is 9.04. The minimum absolute atomic E-state index is 0.0305. The number of pyridine rings is 1. The fraction of sp³-hybridized carbons (Fsp3) is 0.471. The van der Waals surface area contributed by atoms with Crippen molar-refractivity contribution in [1.82, 2.24) is 25.1 Å². The summed E-state index contributed by atoms with van der Waals surface area (Å²) in [6.45, 7) is 5.84. The Labute approximate surface area is 151 Å². The molecule has 2 saturated heterocycles. The van der Waals surface area contributed by atoms with Gasteiger partial charge in [-0.15, -0.1) is 11.3 Å². The van der Waals surface area contributed by atoms with E-state index in [2.05, 4.69) is 25.5 Å². The molecule has 0 bridgehead atoms. The van der Waals surface area contributed by atoms with Crippen molar-refractivity contribution in [1.29, 1.82) is 0 Å². The van der Waals surface area contributed by atoms with E-state index >= 15 is 0 Å². The number of anilines is 2. The fourth-order valence-corrected chi connectivity index (χ4v) is 4.10. The molecule has 132 valence electrons. The molecule has 1 unspecified atom stereocenters. The van der Waals surface area contributed by atoms with Crippen LogP contribution in [0.1, 0.15) is 16.9 Å². The van der Waals surface area contributed by atoms with E-state index in [-0.39, 0.29) is 5.91 Å². The molecule has 7 nitrogen and oxygen atoms in total. The maximum absolute atomic E-state index is 12.7.